The van der Waals surface area contributed by atoms with Gasteiger partial charge in [0.2, 0.25) is 0 Å². The lowest BCUT2D eigenvalue weighted by molar-refractivity contribution is 0.571. The van der Waals surface area contributed by atoms with Crippen molar-refractivity contribution in [1.29, 1.82) is 0 Å². The van der Waals surface area contributed by atoms with Gasteiger partial charge in [0, 0.05) is 19.6 Å². The number of hydrogen-bond donors (Lipinski definition) is 2. The summed E-state index contributed by atoms with van der Waals surface area (Å²) >= 11 is 0. The Balaban J connectivity index is 2.20. The van der Waals surface area contributed by atoms with E-state index in [1.807, 2.05) is 4.57 Å². The van der Waals surface area contributed by atoms with E-state index >= 15 is 0 Å². The lowest BCUT2D eigenvalue weighted by atomic mass is 10.1. The van der Waals surface area contributed by atoms with Gasteiger partial charge in [0.1, 0.15) is 12.9 Å². The van der Waals surface area contributed by atoms with E-state index in [0.29, 0.717) is 6.54 Å². The van der Waals surface area contributed by atoms with Crippen molar-refractivity contribution < 1.29 is 0 Å². The molecule has 0 atom stereocenters. The molecule has 24 heavy (non-hydrogen) atoms. The molecular formula is C18H36N6. The summed E-state index contributed by atoms with van der Waals surface area (Å²) in [6.07, 6.45) is 12.5. The van der Waals surface area contributed by atoms with E-state index in [1.54, 1.807) is 6.33 Å². The predicted octanol–water partition coefficient (Wildman–Crippen LogP) is 3.49. The van der Waals surface area contributed by atoms with Crippen LogP contribution < -0.4 is 10.6 Å². The van der Waals surface area contributed by atoms with E-state index < -0.39 is 0 Å². The van der Waals surface area contributed by atoms with Crippen LogP contribution in [0.4, 0.5) is 0 Å². The third-order valence-corrected chi connectivity index (χ3v) is 4.08. The van der Waals surface area contributed by atoms with Crippen LogP contribution in [0, 0.1) is 0 Å². The Morgan fingerprint density at radius 1 is 1.00 bits per heavy atom. The molecule has 0 fully saturated rings. The smallest absolute Gasteiger partial charge is 0.191 e. The van der Waals surface area contributed by atoms with Crippen LogP contribution in [0.3, 0.4) is 0 Å². The van der Waals surface area contributed by atoms with Gasteiger partial charge in [0.15, 0.2) is 11.8 Å². The number of unbranched alkanes of at least 4 members (excludes halogenated alkanes) is 7. The van der Waals surface area contributed by atoms with Crippen LogP contribution in [0.15, 0.2) is 11.3 Å². The van der Waals surface area contributed by atoms with Gasteiger partial charge in [0.05, 0.1) is 0 Å². The molecule has 1 rings (SSSR count). The molecule has 0 saturated heterocycles. The Bertz CT molecular complexity index is 440. The van der Waals surface area contributed by atoms with Gasteiger partial charge in [-0.05, 0) is 20.3 Å². The number of nitrogens with one attached hydrogen (secondary N) is 2. The van der Waals surface area contributed by atoms with Crippen molar-refractivity contribution in [1.82, 2.24) is 25.4 Å². The second-order valence-electron chi connectivity index (χ2n) is 6.13. The van der Waals surface area contributed by atoms with Crippen molar-refractivity contribution in [2.24, 2.45) is 4.99 Å². The van der Waals surface area contributed by atoms with Gasteiger partial charge >= 0.3 is 0 Å². The highest BCUT2D eigenvalue weighted by molar-refractivity contribution is 5.79. The van der Waals surface area contributed by atoms with Gasteiger partial charge in [-0.2, -0.15) is 0 Å². The average Bonchev–Trinajstić information content (AvgIpc) is 3.05. The zero-order valence-electron chi connectivity index (χ0n) is 15.9. The number of nitrogens with zero attached hydrogens (tertiary/aromatic N) is 4. The Hall–Kier alpha value is -1.59. The van der Waals surface area contributed by atoms with Crippen LogP contribution in [0.25, 0.3) is 0 Å². The second-order valence-corrected chi connectivity index (χ2v) is 6.13. The molecule has 1 aromatic heterocycles. The van der Waals surface area contributed by atoms with E-state index in [4.69, 9.17) is 0 Å². The molecule has 6 heteroatoms. The van der Waals surface area contributed by atoms with Gasteiger partial charge < -0.3 is 15.2 Å². The van der Waals surface area contributed by atoms with E-state index in [9.17, 15) is 0 Å². The molecule has 2 N–H and O–H groups in total. The number of aromatic nitrogens is 3. The van der Waals surface area contributed by atoms with Gasteiger partial charge in [-0.25, -0.2) is 4.99 Å². The fourth-order valence-electron chi connectivity index (χ4n) is 2.62. The highest BCUT2D eigenvalue weighted by Crippen LogP contribution is 2.07. The van der Waals surface area contributed by atoms with Crippen molar-refractivity contribution >= 4 is 5.96 Å². The summed E-state index contributed by atoms with van der Waals surface area (Å²) in [5, 5.41) is 14.8. The monoisotopic (exact) mass is 336 g/mol. The fourth-order valence-corrected chi connectivity index (χ4v) is 2.62. The molecule has 0 unspecified atom stereocenters. The Morgan fingerprint density at radius 3 is 2.38 bits per heavy atom. The summed E-state index contributed by atoms with van der Waals surface area (Å²) in [6.45, 7) is 9.71. The first-order chi connectivity index (χ1) is 11.8. The van der Waals surface area contributed by atoms with E-state index in [0.717, 1.165) is 31.4 Å². The summed E-state index contributed by atoms with van der Waals surface area (Å²) < 4.78 is 2.02. The van der Waals surface area contributed by atoms with Crippen LogP contribution in [0.1, 0.15) is 78.0 Å². The van der Waals surface area contributed by atoms with Crippen molar-refractivity contribution in [3.8, 4) is 0 Å². The van der Waals surface area contributed by atoms with Crippen LogP contribution in [-0.4, -0.2) is 33.8 Å². The molecule has 1 aromatic rings. The van der Waals surface area contributed by atoms with Crippen LogP contribution in [0.2, 0.25) is 0 Å². The lowest BCUT2D eigenvalue weighted by Gasteiger charge is -2.11. The molecule has 0 aliphatic carbocycles. The van der Waals surface area contributed by atoms with Crippen molar-refractivity contribution in [3.05, 3.63) is 12.2 Å². The topological polar surface area (TPSA) is 67.1 Å². The summed E-state index contributed by atoms with van der Waals surface area (Å²) in [6, 6.07) is 0. The van der Waals surface area contributed by atoms with Crippen molar-refractivity contribution in [2.75, 3.05) is 13.1 Å². The minimum absolute atomic E-state index is 0.556. The largest absolute Gasteiger partial charge is 0.357 e. The molecule has 0 bridgehead atoms. The highest BCUT2D eigenvalue weighted by atomic mass is 15.3. The average molecular weight is 337 g/mol. The Morgan fingerprint density at radius 2 is 1.71 bits per heavy atom. The summed E-state index contributed by atoms with van der Waals surface area (Å²) in [7, 11) is 0. The van der Waals surface area contributed by atoms with Crippen molar-refractivity contribution in [2.45, 2.75) is 85.2 Å². The van der Waals surface area contributed by atoms with Gasteiger partial charge in [-0.15, -0.1) is 10.2 Å². The van der Waals surface area contributed by atoms with Gasteiger partial charge in [0.25, 0.3) is 0 Å². The van der Waals surface area contributed by atoms with Gasteiger partial charge in [-0.1, -0.05) is 51.9 Å². The first kappa shape index (κ1) is 20.5. The lowest BCUT2D eigenvalue weighted by Crippen LogP contribution is -2.37. The molecule has 0 spiro atoms. The third-order valence-electron chi connectivity index (χ3n) is 4.08. The van der Waals surface area contributed by atoms with E-state index in [-0.39, 0.29) is 0 Å². The summed E-state index contributed by atoms with van der Waals surface area (Å²) in [5.74, 6) is 1.77. The predicted molar refractivity (Wildman–Crippen MR) is 101 cm³/mol. The minimum atomic E-state index is 0.556. The van der Waals surface area contributed by atoms with Crippen LogP contribution >= 0.6 is 0 Å². The zero-order chi connectivity index (χ0) is 17.5. The van der Waals surface area contributed by atoms with Crippen molar-refractivity contribution in [3.63, 3.8) is 0 Å². The number of aliphatic imine (C=N–C) groups is 1. The van der Waals surface area contributed by atoms with Crippen LogP contribution in [-0.2, 0) is 13.1 Å². The number of aryl methyl sites for hydroxylation is 1. The molecule has 0 aliphatic heterocycles. The molecule has 0 amide bonds. The summed E-state index contributed by atoms with van der Waals surface area (Å²) in [5.41, 5.74) is 0. The maximum Gasteiger partial charge on any atom is 0.191 e. The van der Waals surface area contributed by atoms with E-state index in [1.165, 1.54) is 51.4 Å². The maximum atomic E-state index is 4.60. The third kappa shape index (κ3) is 8.89. The number of guanidine groups is 1. The fraction of sp³-hybridized carbons (Fsp3) is 0.833. The molecule has 0 aromatic carbocycles. The normalized spacial score (nSPS) is 11.7. The van der Waals surface area contributed by atoms with Crippen LogP contribution in [0.5, 0.6) is 0 Å². The molecule has 0 radical (unpaired) electrons. The first-order valence-corrected chi connectivity index (χ1v) is 9.70. The molecule has 138 valence electrons. The molecular weight excluding hydrogens is 300 g/mol. The first-order valence-electron chi connectivity index (χ1n) is 9.70. The molecule has 0 saturated carbocycles. The maximum absolute atomic E-state index is 4.60. The standard InChI is InChI=1S/C18H36N6/c1-4-7-8-9-10-11-12-13-14-20-18(19-5-2)21-15-17-23-22-16-24(17)6-3/h16H,4-15H2,1-3H3,(H2,19,20,21). The minimum Gasteiger partial charge on any atom is -0.357 e. The quantitative estimate of drug-likeness (QED) is 0.329. The molecule has 1 heterocycles. The number of rotatable bonds is 13. The van der Waals surface area contributed by atoms with Gasteiger partial charge in [-0.3, -0.25) is 0 Å². The Labute approximate surface area is 147 Å². The SMILES string of the molecule is CCCCCCCCCCNC(=NCc1nncn1CC)NCC. The zero-order valence-corrected chi connectivity index (χ0v) is 15.9. The van der Waals surface area contributed by atoms with E-state index in [2.05, 4.69) is 46.6 Å². The summed E-state index contributed by atoms with van der Waals surface area (Å²) in [4.78, 5) is 4.60. The second kappa shape index (κ2) is 13.8. The molecule has 0 aliphatic rings. The highest BCUT2D eigenvalue weighted by Gasteiger charge is 2.02. The Kier molecular flexibility index (Phi) is 11.8. The number of hydrogen-bond acceptors (Lipinski definition) is 3. The molecule has 6 nitrogen and oxygen atoms in total.